The number of benzene rings is 2. The minimum atomic E-state index is -0.439. The van der Waals surface area contributed by atoms with Crippen molar-refractivity contribution >= 4 is 5.97 Å². The van der Waals surface area contributed by atoms with Crippen LogP contribution in [0.2, 0.25) is 0 Å². The molecule has 0 amide bonds. The molecule has 0 aliphatic carbocycles. The average molecular weight is 342 g/mol. The summed E-state index contributed by atoms with van der Waals surface area (Å²) in [6.07, 6.45) is 1.81. The van der Waals surface area contributed by atoms with Crippen LogP contribution in [0, 0.1) is 5.82 Å². The third-order valence-electron chi connectivity index (χ3n) is 3.96. The number of aryl methyl sites for hydroxylation is 1. The predicted octanol–water partition coefficient (Wildman–Crippen LogP) is 4.56. The highest BCUT2D eigenvalue weighted by atomic mass is 19.1. The van der Waals surface area contributed by atoms with Gasteiger partial charge < -0.3 is 9.84 Å². The summed E-state index contributed by atoms with van der Waals surface area (Å²) in [6.45, 7) is 7.18. The fourth-order valence-electron chi connectivity index (χ4n) is 2.60. The van der Waals surface area contributed by atoms with Crippen molar-refractivity contribution in [1.29, 1.82) is 0 Å². The number of ether oxygens (including phenoxy) is 1. The molecule has 0 aliphatic rings. The van der Waals surface area contributed by atoms with Crippen LogP contribution < -0.4 is 0 Å². The van der Waals surface area contributed by atoms with Crippen LogP contribution in [0.25, 0.3) is 11.1 Å². The second-order valence-corrected chi connectivity index (χ2v) is 6.06. The molecular formula is C21H23FO3. The molecule has 0 saturated heterocycles. The first-order chi connectivity index (χ1) is 12.0. The van der Waals surface area contributed by atoms with E-state index >= 15 is 0 Å². The predicted molar refractivity (Wildman–Crippen MR) is 96.4 cm³/mol. The maximum Gasteiger partial charge on any atom is 0.333 e. The Bertz CT molecular complexity index is 781. The van der Waals surface area contributed by atoms with Crippen molar-refractivity contribution in [3.8, 4) is 11.1 Å². The Hall–Kier alpha value is -2.46. The molecule has 3 nitrogen and oxygen atoms in total. The Morgan fingerprint density at radius 3 is 2.56 bits per heavy atom. The standard InChI is InChI=1S/C21H23FO3/c1-4-5-16-7-8-17(11-18(16)13-25-21(24)14(2)3)19-9-6-15(12-23)10-20(19)22/h6-11,23H,2,4-5,12-13H2,1,3H3. The lowest BCUT2D eigenvalue weighted by Crippen LogP contribution is -2.07. The number of carbonyl (C=O) groups excluding carboxylic acids is 1. The first kappa shape index (κ1) is 18.9. The van der Waals surface area contributed by atoms with Crippen LogP contribution in [0.3, 0.4) is 0 Å². The van der Waals surface area contributed by atoms with E-state index in [-0.39, 0.29) is 19.0 Å². The lowest BCUT2D eigenvalue weighted by molar-refractivity contribution is -0.140. The number of hydrogen-bond acceptors (Lipinski definition) is 3. The van der Waals surface area contributed by atoms with E-state index in [1.807, 2.05) is 18.2 Å². The molecule has 0 radical (unpaired) electrons. The van der Waals surface area contributed by atoms with Crippen molar-refractivity contribution in [3.63, 3.8) is 0 Å². The maximum absolute atomic E-state index is 14.3. The number of hydrogen-bond donors (Lipinski definition) is 1. The molecule has 132 valence electrons. The summed E-state index contributed by atoms with van der Waals surface area (Å²) in [5, 5.41) is 9.11. The summed E-state index contributed by atoms with van der Waals surface area (Å²) < 4.78 is 19.6. The third-order valence-corrected chi connectivity index (χ3v) is 3.96. The number of rotatable bonds is 7. The quantitative estimate of drug-likeness (QED) is 0.593. The number of aliphatic hydroxyl groups is 1. The van der Waals surface area contributed by atoms with E-state index in [1.54, 1.807) is 19.1 Å². The van der Waals surface area contributed by atoms with Crippen LogP contribution in [0.4, 0.5) is 4.39 Å². The van der Waals surface area contributed by atoms with E-state index in [0.717, 1.165) is 24.0 Å². The molecule has 0 unspecified atom stereocenters. The first-order valence-electron chi connectivity index (χ1n) is 8.30. The van der Waals surface area contributed by atoms with Gasteiger partial charge in [0, 0.05) is 11.1 Å². The van der Waals surface area contributed by atoms with Gasteiger partial charge in [-0.3, -0.25) is 0 Å². The Morgan fingerprint density at radius 1 is 1.20 bits per heavy atom. The van der Waals surface area contributed by atoms with Gasteiger partial charge >= 0.3 is 5.97 Å². The molecule has 4 heteroatoms. The van der Waals surface area contributed by atoms with Crippen molar-refractivity contribution in [2.45, 2.75) is 39.9 Å². The molecule has 0 aromatic heterocycles. The van der Waals surface area contributed by atoms with Crippen molar-refractivity contribution in [2.24, 2.45) is 0 Å². The molecule has 0 bridgehead atoms. The molecule has 2 aromatic carbocycles. The zero-order chi connectivity index (χ0) is 18.4. The Kier molecular flexibility index (Phi) is 6.48. The van der Waals surface area contributed by atoms with E-state index in [9.17, 15) is 9.18 Å². The highest BCUT2D eigenvalue weighted by Gasteiger charge is 2.11. The second-order valence-electron chi connectivity index (χ2n) is 6.06. The lowest BCUT2D eigenvalue weighted by atomic mass is 9.96. The minimum absolute atomic E-state index is 0.130. The van der Waals surface area contributed by atoms with E-state index in [2.05, 4.69) is 13.5 Å². The molecule has 1 N–H and O–H groups in total. The topological polar surface area (TPSA) is 46.5 Å². The van der Waals surface area contributed by atoms with E-state index in [4.69, 9.17) is 9.84 Å². The number of carbonyl (C=O) groups is 1. The van der Waals surface area contributed by atoms with Crippen LogP contribution in [0.15, 0.2) is 48.6 Å². The summed E-state index contributed by atoms with van der Waals surface area (Å²) in [5.74, 6) is -0.828. The van der Waals surface area contributed by atoms with Gasteiger partial charge in [-0.2, -0.15) is 0 Å². The molecule has 0 spiro atoms. The Balaban J connectivity index is 2.35. The van der Waals surface area contributed by atoms with E-state index in [0.29, 0.717) is 22.3 Å². The van der Waals surface area contributed by atoms with Crippen LogP contribution in [0.5, 0.6) is 0 Å². The molecule has 0 saturated carbocycles. The number of esters is 1. The van der Waals surface area contributed by atoms with Gasteiger partial charge in [-0.25, -0.2) is 9.18 Å². The fraction of sp³-hybridized carbons (Fsp3) is 0.286. The molecular weight excluding hydrogens is 319 g/mol. The smallest absolute Gasteiger partial charge is 0.333 e. The molecule has 0 aliphatic heterocycles. The van der Waals surface area contributed by atoms with Gasteiger partial charge in [0.1, 0.15) is 12.4 Å². The van der Waals surface area contributed by atoms with Crippen molar-refractivity contribution < 1.29 is 19.0 Å². The zero-order valence-corrected chi connectivity index (χ0v) is 14.6. The summed E-state index contributed by atoms with van der Waals surface area (Å²) in [7, 11) is 0. The van der Waals surface area contributed by atoms with Gasteiger partial charge in [-0.15, -0.1) is 0 Å². The van der Waals surface area contributed by atoms with Gasteiger partial charge in [0.25, 0.3) is 0 Å². The van der Waals surface area contributed by atoms with Crippen LogP contribution in [-0.4, -0.2) is 11.1 Å². The fourth-order valence-corrected chi connectivity index (χ4v) is 2.60. The lowest BCUT2D eigenvalue weighted by Gasteiger charge is -2.13. The molecule has 2 rings (SSSR count). The first-order valence-corrected chi connectivity index (χ1v) is 8.30. The summed E-state index contributed by atoms with van der Waals surface area (Å²) in [6, 6.07) is 10.3. The Labute approximate surface area is 147 Å². The molecule has 0 atom stereocenters. The van der Waals surface area contributed by atoms with Crippen LogP contribution >= 0.6 is 0 Å². The zero-order valence-electron chi connectivity index (χ0n) is 14.6. The highest BCUT2D eigenvalue weighted by Crippen LogP contribution is 2.27. The largest absolute Gasteiger partial charge is 0.457 e. The second kappa shape index (κ2) is 8.58. The van der Waals surface area contributed by atoms with Gasteiger partial charge in [0.15, 0.2) is 0 Å². The minimum Gasteiger partial charge on any atom is -0.457 e. The third kappa shape index (κ3) is 4.77. The highest BCUT2D eigenvalue weighted by molar-refractivity contribution is 5.86. The average Bonchev–Trinajstić information content (AvgIpc) is 2.60. The SMILES string of the molecule is C=C(C)C(=O)OCc1cc(-c2ccc(CO)cc2F)ccc1CCC. The van der Waals surface area contributed by atoms with Crippen LogP contribution in [-0.2, 0) is 29.2 Å². The Morgan fingerprint density at radius 2 is 1.96 bits per heavy atom. The van der Waals surface area contributed by atoms with Gasteiger partial charge in [0.2, 0.25) is 0 Å². The molecule has 2 aromatic rings. The summed E-state index contributed by atoms with van der Waals surface area (Å²) in [4.78, 5) is 11.7. The number of halogens is 1. The molecule has 0 heterocycles. The molecule has 0 fully saturated rings. The van der Waals surface area contributed by atoms with Crippen LogP contribution in [0.1, 0.15) is 37.0 Å². The van der Waals surface area contributed by atoms with Crippen molar-refractivity contribution in [2.75, 3.05) is 0 Å². The normalized spacial score (nSPS) is 10.6. The van der Waals surface area contributed by atoms with E-state index < -0.39 is 5.97 Å². The molecule has 25 heavy (non-hydrogen) atoms. The summed E-state index contributed by atoms with van der Waals surface area (Å²) >= 11 is 0. The van der Waals surface area contributed by atoms with Crippen molar-refractivity contribution in [3.05, 3.63) is 71.1 Å². The van der Waals surface area contributed by atoms with Gasteiger partial charge in [-0.05, 0) is 47.7 Å². The van der Waals surface area contributed by atoms with Gasteiger partial charge in [0.05, 0.1) is 6.61 Å². The van der Waals surface area contributed by atoms with Crippen molar-refractivity contribution in [1.82, 2.24) is 0 Å². The van der Waals surface area contributed by atoms with Gasteiger partial charge in [-0.1, -0.05) is 44.2 Å². The number of aliphatic hydroxyl groups excluding tert-OH is 1. The van der Waals surface area contributed by atoms with E-state index in [1.165, 1.54) is 6.07 Å². The monoisotopic (exact) mass is 342 g/mol. The summed E-state index contributed by atoms with van der Waals surface area (Å²) in [5.41, 5.74) is 3.97. The maximum atomic E-state index is 14.3.